The van der Waals surface area contributed by atoms with E-state index in [0.29, 0.717) is 0 Å². The highest BCUT2D eigenvalue weighted by Crippen LogP contribution is 1.96. The van der Waals surface area contributed by atoms with Crippen LogP contribution in [0.3, 0.4) is 0 Å². The molecule has 0 atom stereocenters. The first-order chi connectivity index (χ1) is 3.89. The lowest BCUT2D eigenvalue weighted by Gasteiger charge is -2.05. The number of hydrogen-bond donors (Lipinski definition) is 1. The van der Waals surface area contributed by atoms with Crippen molar-refractivity contribution in [3.05, 3.63) is 0 Å². The molecule has 1 aliphatic rings. The standard InChI is InChI=1S/C5H11ClN2/c6-8-4-1-2-7-3-5-8/h7H,1-5H2. The zero-order valence-electron chi connectivity index (χ0n) is 4.86. The summed E-state index contributed by atoms with van der Waals surface area (Å²) in [6.07, 6.45) is 1.17. The molecule has 0 radical (unpaired) electrons. The van der Waals surface area contributed by atoms with Crippen LogP contribution >= 0.6 is 11.8 Å². The molecule has 0 aromatic carbocycles. The lowest BCUT2D eigenvalue weighted by Crippen LogP contribution is -2.20. The molecule has 0 unspecified atom stereocenters. The Morgan fingerprint density at radius 3 is 3.00 bits per heavy atom. The molecular weight excluding hydrogens is 124 g/mol. The van der Waals surface area contributed by atoms with E-state index in [1.165, 1.54) is 6.42 Å². The molecular formula is C5H11ClN2. The third-order valence-corrected chi connectivity index (χ3v) is 1.62. The molecule has 0 bridgehead atoms. The highest BCUT2D eigenvalue weighted by molar-refractivity contribution is 6.13. The molecule has 0 aliphatic carbocycles. The van der Waals surface area contributed by atoms with Gasteiger partial charge in [-0.1, -0.05) is 0 Å². The van der Waals surface area contributed by atoms with Crippen LogP contribution in [-0.2, 0) is 0 Å². The summed E-state index contributed by atoms with van der Waals surface area (Å²) < 4.78 is 1.83. The second-order valence-corrected chi connectivity index (χ2v) is 2.49. The first-order valence-corrected chi connectivity index (χ1v) is 3.35. The molecule has 0 saturated carbocycles. The Balaban J connectivity index is 2.17. The van der Waals surface area contributed by atoms with Gasteiger partial charge in [0, 0.05) is 19.6 Å². The van der Waals surface area contributed by atoms with E-state index in [-0.39, 0.29) is 0 Å². The number of nitrogens with one attached hydrogen (secondary N) is 1. The molecule has 0 aromatic rings. The molecule has 0 amide bonds. The van der Waals surface area contributed by atoms with E-state index < -0.39 is 0 Å². The van der Waals surface area contributed by atoms with Crippen LogP contribution in [0.25, 0.3) is 0 Å². The number of halogens is 1. The van der Waals surface area contributed by atoms with Crippen molar-refractivity contribution in [1.82, 2.24) is 9.74 Å². The molecule has 48 valence electrons. The van der Waals surface area contributed by atoms with Gasteiger partial charge in [-0.05, 0) is 24.7 Å². The molecule has 1 aliphatic heterocycles. The molecule has 1 fully saturated rings. The van der Waals surface area contributed by atoms with Gasteiger partial charge in [-0.25, -0.2) is 4.42 Å². The maximum atomic E-state index is 5.71. The molecule has 1 heterocycles. The first kappa shape index (κ1) is 6.33. The topological polar surface area (TPSA) is 15.3 Å². The van der Waals surface area contributed by atoms with Crippen molar-refractivity contribution < 1.29 is 0 Å². The van der Waals surface area contributed by atoms with Gasteiger partial charge in [-0.15, -0.1) is 0 Å². The summed E-state index contributed by atoms with van der Waals surface area (Å²) in [4.78, 5) is 0. The predicted molar refractivity (Wildman–Crippen MR) is 34.9 cm³/mol. The molecule has 3 heteroatoms. The van der Waals surface area contributed by atoms with Crippen molar-refractivity contribution in [2.45, 2.75) is 6.42 Å². The average Bonchev–Trinajstić information content (AvgIpc) is 1.94. The molecule has 1 saturated heterocycles. The quantitative estimate of drug-likeness (QED) is 0.484. The first-order valence-electron chi connectivity index (χ1n) is 3.01. The van der Waals surface area contributed by atoms with E-state index in [0.717, 1.165) is 26.2 Å². The van der Waals surface area contributed by atoms with Crippen molar-refractivity contribution in [2.75, 3.05) is 26.2 Å². The van der Waals surface area contributed by atoms with Crippen LogP contribution in [0, 0.1) is 0 Å². The average molecular weight is 135 g/mol. The summed E-state index contributed by atoms with van der Waals surface area (Å²) in [6.45, 7) is 4.14. The van der Waals surface area contributed by atoms with Crippen LogP contribution < -0.4 is 5.32 Å². The molecule has 2 nitrogen and oxygen atoms in total. The fraction of sp³-hybridized carbons (Fsp3) is 1.00. The Labute approximate surface area is 54.9 Å². The minimum atomic E-state index is 0.974. The van der Waals surface area contributed by atoms with E-state index in [9.17, 15) is 0 Å². The van der Waals surface area contributed by atoms with E-state index in [4.69, 9.17) is 11.8 Å². The maximum absolute atomic E-state index is 5.71. The van der Waals surface area contributed by atoms with Crippen LogP contribution in [0.4, 0.5) is 0 Å². The number of nitrogens with zero attached hydrogens (tertiary/aromatic N) is 1. The molecule has 1 rings (SSSR count). The number of rotatable bonds is 0. The summed E-state index contributed by atoms with van der Waals surface area (Å²) >= 11 is 5.71. The second-order valence-electron chi connectivity index (χ2n) is 2.01. The molecule has 8 heavy (non-hydrogen) atoms. The maximum Gasteiger partial charge on any atom is 0.0264 e. The van der Waals surface area contributed by atoms with E-state index in [1.54, 1.807) is 0 Å². The van der Waals surface area contributed by atoms with Crippen molar-refractivity contribution in [1.29, 1.82) is 0 Å². The summed E-state index contributed by atoms with van der Waals surface area (Å²) in [7, 11) is 0. The van der Waals surface area contributed by atoms with Crippen molar-refractivity contribution in [3.8, 4) is 0 Å². The monoisotopic (exact) mass is 134 g/mol. The van der Waals surface area contributed by atoms with Crippen LogP contribution in [0.15, 0.2) is 0 Å². The van der Waals surface area contributed by atoms with Gasteiger partial charge in [0.2, 0.25) is 0 Å². The Kier molecular flexibility index (Phi) is 2.59. The molecule has 0 spiro atoms. The third kappa shape index (κ3) is 1.99. The van der Waals surface area contributed by atoms with Crippen LogP contribution in [-0.4, -0.2) is 30.6 Å². The highest BCUT2D eigenvalue weighted by Gasteiger charge is 2.02. The van der Waals surface area contributed by atoms with Crippen LogP contribution in [0.1, 0.15) is 6.42 Å². The number of hydrogen-bond acceptors (Lipinski definition) is 2. The van der Waals surface area contributed by atoms with E-state index >= 15 is 0 Å². The van der Waals surface area contributed by atoms with E-state index in [1.807, 2.05) is 4.42 Å². The summed E-state index contributed by atoms with van der Waals surface area (Å²) in [5, 5.41) is 3.25. The van der Waals surface area contributed by atoms with Gasteiger partial charge in [-0.2, -0.15) is 0 Å². The normalized spacial score (nSPS) is 25.1. The summed E-state index contributed by atoms with van der Waals surface area (Å²) in [5.74, 6) is 0. The largest absolute Gasteiger partial charge is 0.315 e. The lowest BCUT2D eigenvalue weighted by atomic mass is 10.4. The Morgan fingerprint density at radius 2 is 2.12 bits per heavy atom. The van der Waals surface area contributed by atoms with Crippen molar-refractivity contribution in [3.63, 3.8) is 0 Å². The van der Waals surface area contributed by atoms with Crippen molar-refractivity contribution in [2.24, 2.45) is 0 Å². The Hall–Kier alpha value is 0.210. The third-order valence-electron chi connectivity index (χ3n) is 1.29. The van der Waals surface area contributed by atoms with Gasteiger partial charge in [0.1, 0.15) is 0 Å². The van der Waals surface area contributed by atoms with E-state index in [2.05, 4.69) is 5.32 Å². The van der Waals surface area contributed by atoms with Gasteiger partial charge < -0.3 is 5.32 Å². The van der Waals surface area contributed by atoms with Gasteiger partial charge in [0.15, 0.2) is 0 Å². The Bertz CT molecular complexity index is 59.4. The lowest BCUT2D eigenvalue weighted by molar-refractivity contribution is 0.485. The molecule has 1 N–H and O–H groups in total. The van der Waals surface area contributed by atoms with Gasteiger partial charge >= 0.3 is 0 Å². The zero-order chi connectivity index (χ0) is 5.82. The van der Waals surface area contributed by atoms with Gasteiger partial charge in [-0.3, -0.25) is 0 Å². The summed E-state index contributed by atoms with van der Waals surface area (Å²) in [5.41, 5.74) is 0. The van der Waals surface area contributed by atoms with Crippen LogP contribution in [0.5, 0.6) is 0 Å². The minimum absolute atomic E-state index is 0.974. The smallest absolute Gasteiger partial charge is 0.0264 e. The van der Waals surface area contributed by atoms with Gasteiger partial charge in [0.25, 0.3) is 0 Å². The second kappa shape index (κ2) is 3.28. The summed E-state index contributed by atoms with van der Waals surface area (Å²) in [6, 6.07) is 0. The zero-order valence-corrected chi connectivity index (χ0v) is 5.62. The fourth-order valence-electron chi connectivity index (χ4n) is 0.813. The van der Waals surface area contributed by atoms with Crippen LogP contribution in [0.2, 0.25) is 0 Å². The predicted octanol–water partition coefficient (Wildman–Crippen LogP) is 0.436. The Morgan fingerprint density at radius 1 is 1.25 bits per heavy atom. The SMILES string of the molecule is ClN1CCCNCC1. The van der Waals surface area contributed by atoms with Gasteiger partial charge in [0.05, 0.1) is 0 Å². The van der Waals surface area contributed by atoms with Crippen molar-refractivity contribution >= 4 is 11.8 Å². The minimum Gasteiger partial charge on any atom is -0.315 e. The highest BCUT2D eigenvalue weighted by atomic mass is 35.5. The molecule has 0 aromatic heterocycles. The fourth-order valence-corrected chi connectivity index (χ4v) is 1.02.